The number of H-pyrrole nitrogens is 1. The number of carbonyl (C=O) groups is 1. The molecule has 0 aliphatic rings. The highest BCUT2D eigenvalue weighted by atomic mass is 35.5. The normalized spacial score (nSPS) is 10.4. The maximum Gasteiger partial charge on any atom is 0.257 e. The Morgan fingerprint density at radius 1 is 1.56 bits per heavy atom. The van der Waals surface area contributed by atoms with E-state index in [0.29, 0.717) is 5.82 Å². The van der Waals surface area contributed by atoms with E-state index in [0.717, 1.165) is 12.3 Å². The minimum absolute atomic E-state index is 0.0207. The van der Waals surface area contributed by atoms with Crippen molar-refractivity contribution >= 4 is 17.5 Å². The molecule has 0 aromatic carbocycles. The number of hydrogen-bond donors (Lipinski definition) is 1. The van der Waals surface area contributed by atoms with E-state index >= 15 is 0 Å². The molecule has 0 saturated heterocycles. The molecule has 7 heteroatoms. The molecule has 0 radical (unpaired) electrons. The van der Waals surface area contributed by atoms with Gasteiger partial charge in [0.2, 0.25) is 0 Å². The number of halogens is 2. The van der Waals surface area contributed by atoms with Gasteiger partial charge < -0.3 is 9.88 Å². The Balaban J connectivity index is 2.17. The third-order valence-electron chi connectivity index (χ3n) is 2.32. The van der Waals surface area contributed by atoms with Crippen LogP contribution in [0, 0.1) is 5.82 Å². The van der Waals surface area contributed by atoms with E-state index in [4.69, 9.17) is 11.6 Å². The summed E-state index contributed by atoms with van der Waals surface area (Å²) in [6.07, 6.45) is 4.21. The fourth-order valence-corrected chi connectivity index (χ4v) is 1.64. The highest BCUT2D eigenvalue weighted by Gasteiger charge is 2.17. The number of carbonyl (C=O) groups excluding carboxylic acids is 1. The Morgan fingerprint density at radius 3 is 3.00 bits per heavy atom. The van der Waals surface area contributed by atoms with Crippen molar-refractivity contribution in [2.75, 3.05) is 7.05 Å². The summed E-state index contributed by atoms with van der Waals surface area (Å²) in [6, 6.07) is 1.07. The minimum atomic E-state index is -0.603. The Morgan fingerprint density at radius 2 is 2.33 bits per heavy atom. The van der Waals surface area contributed by atoms with Gasteiger partial charge in [0.05, 0.1) is 18.3 Å². The second-order valence-corrected chi connectivity index (χ2v) is 4.05. The lowest BCUT2D eigenvalue weighted by molar-refractivity contribution is 0.0781. The molecule has 0 bridgehead atoms. The van der Waals surface area contributed by atoms with Crippen LogP contribution in [0.15, 0.2) is 24.7 Å². The molecule has 2 aromatic heterocycles. The summed E-state index contributed by atoms with van der Waals surface area (Å²) in [6.45, 7) is 0.276. The molecule has 2 heterocycles. The highest BCUT2D eigenvalue weighted by molar-refractivity contribution is 6.32. The predicted octanol–water partition coefficient (Wildman–Crippen LogP) is 1.87. The maximum atomic E-state index is 13.0. The third-order valence-corrected chi connectivity index (χ3v) is 2.63. The summed E-state index contributed by atoms with van der Waals surface area (Å²) >= 11 is 5.77. The zero-order chi connectivity index (χ0) is 13.1. The van der Waals surface area contributed by atoms with E-state index in [1.165, 1.54) is 4.90 Å². The molecule has 5 nitrogen and oxygen atoms in total. The number of hydrogen-bond acceptors (Lipinski definition) is 3. The van der Waals surface area contributed by atoms with Crippen LogP contribution in [-0.2, 0) is 6.54 Å². The van der Waals surface area contributed by atoms with Gasteiger partial charge in [0.25, 0.3) is 5.91 Å². The van der Waals surface area contributed by atoms with Crippen LogP contribution in [0.4, 0.5) is 4.39 Å². The number of imidazole rings is 1. The van der Waals surface area contributed by atoms with Gasteiger partial charge in [-0.3, -0.25) is 4.79 Å². The number of nitrogens with zero attached hydrogens (tertiary/aromatic N) is 3. The van der Waals surface area contributed by atoms with Gasteiger partial charge in [-0.2, -0.15) is 0 Å². The molecule has 0 saturated carbocycles. The van der Waals surface area contributed by atoms with E-state index < -0.39 is 11.7 Å². The lowest BCUT2D eigenvalue weighted by atomic mass is 10.2. The number of nitrogens with one attached hydrogen (secondary N) is 1. The molecule has 2 aromatic rings. The first-order valence-corrected chi connectivity index (χ1v) is 5.50. The van der Waals surface area contributed by atoms with Crippen molar-refractivity contribution in [1.29, 1.82) is 0 Å². The molecule has 0 fully saturated rings. The second-order valence-electron chi connectivity index (χ2n) is 3.69. The van der Waals surface area contributed by atoms with Gasteiger partial charge >= 0.3 is 0 Å². The van der Waals surface area contributed by atoms with E-state index in [-0.39, 0.29) is 17.3 Å². The Kier molecular flexibility index (Phi) is 3.57. The van der Waals surface area contributed by atoms with Crippen molar-refractivity contribution in [3.8, 4) is 0 Å². The predicted molar refractivity (Wildman–Crippen MR) is 63.6 cm³/mol. The number of aromatic nitrogens is 3. The molecule has 94 valence electrons. The molecule has 1 N–H and O–H groups in total. The van der Waals surface area contributed by atoms with E-state index in [1.807, 2.05) is 0 Å². The summed E-state index contributed by atoms with van der Waals surface area (Å²) in [4.78, 5) is 23.9. The zero-order valence-corrected chi connectivity index (χ0v) is 10.3. The lowest BCUT2D eigenvalue weighted by Crippen LogP contribution is -2.27. The van der Waals surface area contributed by atoms with Crippen LogP contribution < -0.4 is 0 Å². The SMILES string of the molecule is CN(Cc1ncc[nH]1)C(=O)c1cc(F)cnc1Cl. The van der Waals surface area contributed by atoms with Crippen LogP contribution >= 0.6 is 11.6 Å². The zero-order valence-electron chi connectivity index (χ0n) is 9.52. The summed E-state index contributed by atoms with van der Waals surface area (Å²) in [5.41, 5.74) is 0.0331. The number of pyridine rings is 1. The average molecular weight is 269 g/mol. The average Bonchev–Trinajstić information content (AvgIpc) is 2.84. The molecule has 0 atom stereocenters. The molecular weight excluding hydrogens is 259 g/mol. The monoisotopic (exact) mass is 268 g/mol. The summed E-state index contributed by atoms with van der Waals surface area (Å²) in [5.74, 6) is -0.385. The standard InChI is InChI=1S/C11H10ClFN4O/c1-17(6-9-14-2-3-15-9)11(18)8-4-7(13)5-16-10(8)12/h2-5H,6H2,1H3,(H,14,15). The van der Waals surface area contributed by atoms with Crippen LogP contribution in [0.2, 0.25) is 5.15 Å². The van der Waals surface area contributed by atoms with Gasteiger partial charge in [-0.1, -0.05) is 11.6 Å². The van der Waals surface area contributed by atoms with Crippen molar-refractivity contribution in [2.24, 2.45) is 0 Å². The molecule has 18 heavy (non-hydrogen) atoms. The molecular formula is C11H10ClFN4O. The fourth-order valence-electron chi connectivity index (χ4n) is 1.46. The van der Waals surface area contributed by atoms with Crippen LogP contribution in [0.1, 0.15) is 16.2 Å². The largest absolute Gasteiger partial charge is 0.347 e. The minimum Gasteiger partial charge on any atom is -0.347 e. The van der Waals surface area contributed by atoms with Crippen molar-refractivity contribution in [3.63, 3.8) is 0 Å². The van der Waals surface area contributed by atoms with Gasteiger partial charge in [0, 0.05) is 19.4 Å². The second kappa shape index (κ2) is 5.14. The Bertz CT molecular complexity index is 558. The van der Waals surface area contributed by atoms with Crippen molar-refractivity contribution in [1.82, 2.24) is 19.9 Å². The van der Waals surface area contributed by atoms with Gasteiger partial charge in [-0.05, 0) is 6.07 Å². The first-order chi connectivity index (χ1) is 8.58. The van der Waals surface area contributed by atoms with Crippen LogP contribution in [0.5, 0.6) is 0 Å². The quantitative estimate of drug-likeness (QED) is 0.865. The van der Waals surface area contributed by atoms with Crippen molar-refractivity contribution in [3.05, 3.63) is 47.0 Å². The van der Waals surface area contributed by atoms with E-state index in [2.05, 4.69) is 15.0 Å². The third kappa shape index (κ3) is 2.65. The maximum absolute atomic E-state index is 13.0. The van der Waals surface area contributed by atoms with E-state index in [1.54, 1.807) is 19.4 Å². The van der Waals surface area contributed by atoms with Gasteiger partial charge in [-0.15, -0.1) is 0 Å². The van der Waals surface area contributed by atoms with Crippen molar-refractivity contribution < 1.29 is 9.18 Å². The Hall–Kier alpha value is -1.95. The van der Waals surface area contributed by atoms with Crippen molar-refractivity contribution in [2.45, 2.75) is 6.54 Å². The molecule has 0 aliphatic carbocycles. The molecule has 2 rings (SSSR count). The summed E-state index contributed by atoms with van der Waals surface area (Å²) < 4.78 is 13.0. The first-order valence-electron chi connectivity index (χ1n) is 5.12. The van der Waals surface area contributed by atoms with Crippen LogP contribution in [0.3, 0.4) is 0 Å². The van der Waals surface area contributed by atoms with Gasteiger partial charge in [0.15, 0.2) is 0 Å². The summed E-state index contributed by atoms with van der Waals surface area (Å²) in [7, 11) is 1.58. The van der Waals surface area contributed by atoms with E-state index in [9.17, 15) is 9.18 Å². The first kappa shape index (κ1) is 12.5. The summed E-state index contributed by atoms with van der Waals surface area (Å²) in [5, 5.41) is -0.0207. The van der Waals surface area contributed by atoms with Gasteiger partial charge in [0.1, 0.15) is 16.8 Å². The molecule has 0 spiro atoms. The number of amides is 1. The van der Waals surface area contributed by atoms with Crippen LogP contribution in [-0.4, -0.2) is 32.8 Å². The number of aromatic amines is 1. The molecule has 0 aliphatic heterocycles. The Labute approximate surface area is 108 Å². The molecule has 1 amide bonds. The fraction of sp³-hybridized carbons (Fsp3) is 0.182. The van der Waals surface area contributed by atoms with Gasteiger partial charge in [-0.25, -0.2) is 14.4 Å². The molecule has 0 unspecified atom stereocenters. The topological polar surface area (TPSA) is 61.9 Å². The lowest BCUT2D eigenvalue weighted by Gasteiger charge is -2.16. The smallest absolute Gasteiger partial charge is 0.257 e. The highest BCUT2D eigenvalue weighted by Crippen LogP contribution is 2.16. The van der Waals surface area contributed by atoms with Crippen LogP contribution in [0.25, 0.3) is 0 Å². The number of rotatable bonds is 3.